The van der Waals surface area contributed by atoms with E-state index in [-0.39, 0.29) is 6.01 Å². The van der Waals surface area contributed by atoms with Crippen LogP contribution in [0.1, 0.15) is 13.3 Å². The number of nitrogens with zero attached hydrogens (tertiary/aromatic N) is 2. The standard InChI is InChI=1S/C8H13N3O2/c1-3-4-13-7-5-6(9)10-8(11-7)12-2/h5H,3-4H2,1-2H3,(H2,9,10,11). The highest BCUT2D eigenvalue weighted by atomic mass is 16.5. The lowest BCUT2D eigenvalue weighted by molar-refractivity contribution is 0.295. The van der Waals surface area contributed by atoms with E-state index in [4.69, 9.17) is 15.2 Å². The van der Waals surface area contributed by atoms with Gasteiger partial charge in [0, 0.05) is 6.07 Å². The molecule has 1 aromatic heterocycles. The SMILES string of the molecule is CCCOc1cc(N)nc(OC)n1. The zero-order chi connectivity index (χ0) is 9.68. The van der Waals surface area contributed by atoms with Gasteiger partial charge < -0.3 is 15.2 Å². The molecular weight excluding hydrogens is 170 g/mol. The monoisotopic (exact) mass is 183 g/mol. The fraction of sp³-hybridized carbons (Fsp3) is 0.500. The molecule has 2 N–H and O–H groups in total. The van der Waals surface area contributed by atoms with Crippen LogP contribution in [0.25, 0.3) is 0 Å². The first-order chi connectivity index (χ1) is 6.26. The average molecular weight is 183 g/mol. The van der Waals surface area contributed by atoms with Gasteiger partial charge in [-0.1, -0.05) is 6.92 Å². The maximum absolute atomic E-state index is 5.50. The highest BCUT2D eigenvalue weighted by Crippen LogP contribution is 2.14. The summed E-state index contributed by atoms with van der Waals surface area (Å²) in [5.74, 6) is 0.796. The van der Waals surface area contributed by atoms with Crippen molar-refractivity contribution in [3.8, 4) is 11.9 Å². The summed E-state index contributed by atoms with van der Waals surface area (Å²) in [5.41, 5.74) is 5.50. The molecule has 0 aliphatic carbocycles. The Kier molecular flexibility index (Phi) is 3.31. The highest BCUT2D eigenvalue weighted by Gasteiger charge is 2.02. The molecular formula is C8H13N3O2. The second kappa shape index (κ2) is 4.49. The molecule has 0 fully saturated rings. The highest BCUT2D eigenvalue weighted by molar-refractivity contribution is 5.34. The molecule has 72 valence electrons. The molecule has 0 saturated heterocycles. The molecule has 0 atom stereocenters. The third kappa shape index (κ3) is 2.77. The van der Waals surface area contributed by atoms with Gasteiger partial charge in [0.05, 0.1) is 13.7 Å². The number of hydrogen-bond donors (Lipinski definition) is 1. The van der Waals surface area contributed by atoms with Gasteiger partial charge in [-0.05, 0) is 6.42 Å². The molecule has 1 aromatic rings. The zero-order valence-electron chi connectivity index (χ0n) is 7.78. The summed E-state index contributed by atoms with van der Waals surface area (Å²) in [6.07, 6.45) is 0.923. The van der Waals surface area contributed by atoms with Crippen LogP contribution in [0.5, 0.6) is 11.9 Å². The Morgan fingerprint density at radius 3 is 2.85 bits per heavy atom. The van der Waals surface area contributed by atoms with E-state index in [2.05, 4.69) is 9.97 Å². The predicted octanol–water partition coefficient (Wildman–Crippen LogP) is 0.856. The van der Waals surface area contributed by atoms with Crippen molar-refractivity contribution in [1.29, 1.82) is 0 Å². The van der Waals surface area contributed by atoms with Crippen molar-refractivity contribution in [2.45, 2.75) is 13.3 Å². The van der Waals surface area contributed by atoms with Crippen LogP contribution >= 0.6 is 0 Å². The Bertz CT molecular complexity index is 278. The molecule has 1 rings (SSSR count). The van der Waals surface area contributed by atoms with Gasteiger partial charge in [0.25, 0.3) is 0 Å². The third-order valence-corrected chi connectivity index (χ3v) is 1.34. The van der Waals surface area contributed by atoms with Gasteiger partial charge in [-0.2, -0.15) is 9.97 Å². The lowest BCUT2D eigenvalue weighted by Crippen LogP contribution is -2.02. The molecule has 5 nitrogen and oxygen atoms in total. The van der Waals surface area contributed by atoms with E-state index in [1.807, 2.05) is 6.92 Å². The van der Waals surface area contributed by atoms with E-state index in [9.17, 15) is 0 Å². The van der Waals surface area contributed by atoms with Gasteiger partial charge in [-0.3, -0.25) is 0 Å². The minimum Gasteiger partial charge on any atom is -0.477 e. The van der Waals surface area contributed by atoms with Crippen molar-refractivity contribution in [3.05, 3.63) is 6.07 Å². The first-order valence-corrected chi connectivity index (χ1v) is 4.07. The number of aromatic nitrogens is 2. The summed E-state index contributed by atoms with van der Waals surface area (Å²) in [6.45, 7) is 2.63. The number of nitrogen functional groups attached to an aromatic ring is 1. The Morgan fingerprint density at radius 2 is 2.23 bits per heavy atom. The maximum Gasteiger partial charge on any atom is 0.321 e. The first-order valence-electron chi connectivity index (χ1n) is 4.07. The molecule has 0 saturated carbocycles. The third-order valence-electron chi connectivity index (χ3n) is 1.34. The van der Waals surface area contributed by atoms with E-state index in [0.29, 0.717) is 18.3 Å². The summed E-state index contributed by atoms with van der Waals surface area (Å²) >= 11 is 0. The van der Waals surface area contributed by atoms with Crippen molar-refractivity contribution in [1.82, 2.24) is 9.97 Å². The minimum absolute atomic E-state index is 0.228. The van der Waals surface area contributed by atoms with Crippen molar-refractivity contribution >= 4 is 5.82 Å². The molecule has 0 spiro atoms. The van der Waals surface area contributed by atoms with E-state index >= 15 is 0 Å². The Labute approximate surface area is 76.9 Å². The molecule has 0 aliphatic heterocycles. The lowest BCUT2D eigenvalue weighted by atomic mass is 10.5. The van der Waals surface area contributed by atoms with Crippen LogP contribution in [0.15, 0.2) is 6.07 Å². The zero-order valence-corrected chi connectivity index (χ0v) is 7.78. The van der Waals surface area contributed by atoms with Gasteiger partial charge in [0.15, 0.2) is 0 Å². The summed E-state index contributed by atoms with van der Waals surface area (Å²) in [4.78, 5) is 7.78. The number of anilines is 1. The smallest absolute Gasteiger partial charge is 0.321 e. The minimum atomic E-state index is 0.228. The average Bonchev–Trinajstić information content (AvgIpc) is 2.14. The van der Waals surface area contributed by atoms with Crippen LogP contribution in [0.3, 0.4) is 0 Å². The largest absolute Gasteiger partial charge is 0.477 e. The molecule has 5 heteroatoms. The van der Waals surface area contributed by atoms with Crippen molar-refractivity contribution in [3.63, 3.8) is 0 Å². The lowest BCUT2D eigenvalue weighted by Gasteiger charge is -2.05. The van der Waals surface area contributed by atoms with Gasteiger partial charge >= 0.3 is 6.01 Å². The van der Waals surface area contributed by atoms with Gasteiger partial charge in [-0.25, -0.2) is 0 Å². The number of methoxy groups -OCH3 is 1. The van der Waals surface area contributed by atoms with Crippen molar-refractivity contribution < 1.29 is 9.47 Å². The molecule has 0 radical (unpaired) electrons. The topological polar surface area (TPSA) is 70.3 Å². The van der Waals surface area contributed by atoms with E-state index in [1.165, 1.54) is 7.11 Å². The summed E-state index contributed by atoms with van der Waals surface area (Å²) < 4.78 is 10.1. The molecule has 0 aromatic carbocycles. The van der Waals surface area contributed by atoms with Crippen LogP contribution in [-0.4, -0.2) is 23.7 Å². The molecule has 1 heterocycles. The van der Waals surface area contributed by atoms with Crippen molar-refractivity contribution in [2.24, 2.45) is 0 Å². The Hall–Kier alpha value is -1.52. The fourth-order valence-electron chi connectivity index (χ4n) is 0.793. The van der Waals surface area contributed by atoms with E-state index < -0.39 is 0 Å². The normalized spacial score (nSPS) is 9.69. The number of rotatable bonds is 4. The van der Waals surface area contributed by atoms with Crippen LogP contribution in [0, 0.1) is 0 Å². The van der Waals surface area contributed by atoms with Crippen LogP contribution in [0.4, 0.5) is 5.82 Å². The second-order valence-electron chi connectivity index (χ2n) is 2.47. The van der Waals surface area contributed by atoms with Gasteiger partial charge in [0.2, 0.25) is 5.88 Å². The first kappa shape index (κ1) is 9.57. The van der Waals surface area contributed by atoms with E-state index in [1.54, 1.807) is 6.07 Å². The molecule has 13 heavy (non-hydrogen) atoms. The summed E-state index contributed by atoms with van der Waals surface area (Å²) in [7, 11) is 1.48. The second-order valence-corrected chi connectivity index (χ2v) is 2.47. The Balaban J connectivity index is 2.76. The van der Waals surface area contributed by atoms with Crippen LogP contribution in [-0.2, 0) is 0 Å². The summed E-state index contributed by atoms with van der Waals surface area (Å²) in [6, 6.07) is 1.80. The van der Waals surface area contributed by atoms with Gasteiger partial charge in [-0.15, -0.1) is 0 Å². The molecule has 0 aliphatic rings. The predicted molar refractivity (Wildman–Crippen MR) is 48.8 cm³/mol. The van der Waals surface area contributed by atoms with Crippen LogP contribution in [0.2, 0.25) is 0 Å². The summed E-state index contributed by atoms with van der Waals surface area (Å²) in [5, 5.41) is 0. The number of hydrogen-bond acceptors (Lipinski definition) is 5. The quantitative estimate of drug-likeness (QED) is 0.749. The van der Waals surface area contributed by atoms with Gasteiger partial charge in [0.1, 0.15) is 5.82 Å². The molecule has 0 bridgehead atoms. The maximum atomic E-state index is 5.50. The number of nitrogens with two attached hydrogens (primary N) is 1. The van der Waals surface area contributed by atoms with Crippen molar-refractivity contribution in [2.75, 3.05) is 19.5 Å². The van der Waals surface area contributed by atoms with E-state index in [0.717, 1.165) is 6.42 Å². The molecule has 0 amide bonds. The number of ether oxygens (including phenoxy) is 2. The van der Waals surface area contributed by atoms with Crippen LogP contribution < -0.4 is 15.2 Å². The fourth-order valence-corrected chi connectivity index (χ4v) is 0.793. The molecule has 0 unspecified atom stereocenters. The Morgan fingerprint density at radius 1 is 1.46 bits per heavy atom.